The number of carbonyl (C=O) groups excluding carboxylic acids is 1. The Hall–Kier alpha value is -1.10. The minimum atomic E-state index is -1.17. The first-order valence-corrected chi connectivity index (χ1v) is 6.26. The summed E-state index contributed by atoms with van der Waals surface area (Å²) >= 11 is 0. The highest BCUT2D eigenvalue weighted by atomic mass is 16.4. The molecule has 0 unspecified atom stereocenters. The van der Waals surface area contributed by atoms with Gasteiger partial charge in [-0.05, 0) is 25.2 Å². The van der Waals surface area contributed by atoms with Crippen LogP contribution in [0, 0.1) is 5.92 Å². The molecule has 1 fully saturated rings. The number of rotatable bonds is 7. The Balaban J connectivity index is 2.58. The second-order valence-electron chi connectivity index (χ2n) is 4.87. The summed E-state index contributed by atoms with van der Waals surface area (Å²) in [5, 5.41) is 11.8. The fraction of sp³-hybridized carbons (Fsp3) is 0.833. The van der Waals surface area contributed by atoms with Gasteiger partial charge in [0.15, 0.2) is 0 Å². The largest absolute Gasteiger partial charge is 0.480 e. The Bertz CT molecular complexity index is 296. The first kappa shape index (κ1) is 14.0. The van der Waals surface area contributed by atoms with E-state index in [2.05, 4.69) is 5.32 Å². The van der Waals surface area contributed by atoms with Gasteiger partial charge in [-0.2, -0.15) is 0 Å². The van der Waals surface area contributed by atoms with Gasteiger partial charge in [-0.25, -0.2) is 4.79 Å². The van der Waals surface area contributed by atoms with Crippen LogP contribution in [-0.4, -0.2) is 28.6 Å². The van der Waals surface area contributed by atoms with Crippen LogP contribution in [0.15, 0.2) is 0 Å². The van der Waals surface area contributed by atoms with Crippen molar-refractivity contribution in [2.75, 3.05) is 0 Å². The van der Waals surface area contributed by atoms with E-state index in [1.54, 1.807) is 13.8 Å². The number of carboxylic acid groups (broad SMARTS) is 1. The van der Waals surface area contributed by atoms with Crippen molar-refractivity contribution >= 4 is 11.9 Å². The summed E-state index contributed by atoms with van der Waals surface area (Å²) in [5.41, 5.74) is 4.60. The fourth-order valence-corrected chi connectivity index (χ4v) is 1.93. The summed E-state index contributed by atoms with van der Waals surface area (Å²) in [6, 6.07) is -0.584. The van der Waals surface area contributed by atoms with Crippen LogP contribution in [0.2, 0.25) is 0 Å². The molecule has 0 aromatic rings. The van der Waals surface area contributed by atoms with Crippen LogP contribution in [-0.2, 0) is 9.59 Å². The first-order chi connectivity index (χ1) is 7.95. The lowest BCUT2D eigenvalue weighted by Gasteiger charge is -2.29. The van der Waals surface area contributed by atoms with Crippen molar-refractivity contribution in [1.29, 1.82) is 0 Å². The van der Waals surface area contributed by atoms with Crippen molar-refractivity contribution in [2.45, 2.75) is 57.5 Å². The SMILES string of the molecule is CCC(CC)(NC(=O)[C@@H](N)CC1CC1)C(=O)O. The lowest BCUT2D eigenvalue weighted by atomic mass is 9.92. The minimum Gasteiger partial charge on any atom is -0.480 e. The molecule has 4 N–H and O–H groups in total. The van der Waals surface area contributed by atoms with E-state index in [4.69, 9.17) is 5.73 Å². The number of aliphatic carboxylic acids is 1. The molecule has 0 aromatic heterocycles. The lowest BCUT2D eigenvalue weighted by molar-refractivity contribution is -0.148. The number of carbonyl (C=O) groups is 2. The second-order valence-corrected chi connectivity index (χ2v) is 4.87. The van der Waals surface area contributed by atoms with Gasteiger partial charge in [0.05, 0.1) is 6.04 Å². The number of hydrogen-bond donors (Lipinski definition) is 3. The molecule has 98 valence electrons. The molecular formula is C12H22N2O3. The van der Waals surface area contributed by atoms with E-state index in [-0.39, 0.29) is 5.91 Å². The van der Waals surface area contributed by atoms with Crippen LogP contribution in [0.1, 0.15) is 46.0 Å². The van der Waals surface area contributed by atoms with Gasteiger partial charge in [-0.1, -0.05) is 26.7 Å². The third kappa shape index (κ3) is 3.43. The van der Waals surface area contributed by atoms with Crippen LogP contribution in [0.25, 0.3) is 0 Å². The predicted molar refractivity (Wildman–Crippen MR) is 64.4 cm³/mol. The Labute approximate surface area is 102 Å². The summed E-state index contributed by atoms with van der Waals surface area (Å²) < 4.78 is 0. The molecule has 0 spiro atoms. The molecule has 0 bridgehead atoms. The average molecular weight is 242 g/mol. The standard InChI is InChI=1S/C12H22N2O3/c1-3-12(4-2,11(16)17)14-10(15)9(13)7-8-5-6-8/h8-9H,3-7,13H2,1-2H3,(H,14,15)(H,16,17)/t9-/m0/s1. The van der Waals surface area contributed by atoms with Crippen LogP contribution in [0.3, 0.4) is 0 Å². The number of hydrogen-bond acceptors (Lipinski definition) is 3. The van der Waals surface area contributed by atoms with Gasteiger partial charge >= 0.3 is 5.97 Å². The van der Waals surface area contributed by atoms with Gasteiger partial charge in [-0.15, -0.1) is 0 Å². The highest BCUT2D eigenvalue weighted by Crippen LogP contribution is 2.33. The zero-order chi connectivity index (χ0) is 13.1. The molecule has 0 saturated heterocycles. The maximum atomic E-state index is 11.8. The summed E-state index contributed by atoms with van der Waals surface area (Å²) in [5.74, 6) is -0.782. The van der Waals surface area contributed by atoms with Crippen LogP contribution in [0.4, 0.5) is 0 Å². The molecule has 0 aliphatic heterocycles. The Morgan fingerprint density at radius 3 is 2.29 bits per heavy atom. The second kappa shape index (κ2) is 5.49. The van der Waals surface area contributed by atoms with E-state index in [1.807, 2.05) is 0 Å². The van der Waals surface area contributed by atoms with E-state index in [1.165, 1.54) is 0 Å². The summed E-state index contributed by atoms with van der Waals surface area (Å²) in [6.07, 6.45) is 3.65. The van der Waals surface area contributed by atoms with Crippen molar-refractivity contribution in [3.05, 3.63) is 0 Å². The molecule has 0 aromatic carbocycles. The third-order valence-electron chi connectivity index (χ3n) is 3.60. The highest BCUT2D eigenvalue weighted by molar-refractivity contribution is 5.89. The molecule has 0 heterocycles. The number of carboxylic acids is 1. The van der Waals surface area contributed by atoms with Crippen LogP contribution >= 0.6 is 0 Å². The van der Waals surface area contributed by atoms with Gasteiger partial charge in [0, 0.05) is 0 Å². The summed E-state index contributed by atoms with van der Waals surface area (Å²) in [6.45, 7) is 3.51. The molecular weight excluding hydrogens is 220 g/mol. The molecule has 1 aliphatic carbocycles. The molecule has 1 amide bonds. The van der Waals surface area contributed by atoms with E-state index in [9.17, 15) is 14.7 Å². The maximum Gasteiger partial charge on any atom is 0.329 e. The zero-order valence-electron chi connectivity index (χ0n) is 10.5. The normalized spacial score (nSPS) is 17.6. The minimum absolute atomic E-state index is 0.344. The molecule has 0 radical (unpaired) electrons. The molecule has 5 heteroatoms. The molecule has 1 saturated carbocycles. The predicted octanol–water partition coefficient (Wildman–Crippen LogP) is 0.873. The molecule has 1 atom stereocenters. The van der Waals surface area contributed by atoms with Crippen molar-refractivity contribution in [2.24, 2.45) is 11.7 Å². The first-order valence-electron chi connectivity index (χ1n) is 6.26. The summed E-state index contributed by atoms with van der Waals surface area (Å²) in [4.78, 5) is 23.1. The highest BCUT2D eigenvalue weighted by Gasteiger charge is 2.38. The van der Waals surface area contributed by atoms with E-state index in [0.29, 0.717) is 25.2 Å². The van der Waals surface area contributed by atoms with Crippen molar-refractivity contribution < 1.29 is 14.7 Å². The number of nitrogens with two attached hydrogens (primary N) is 1. The zero-order valence-corrected chi connectivity index (χ0v) is 10.5. The third-order valence-corrected chi connectivity index (χ3v) is 3.60. The van der Waals surface area contributed by atoms with Gasteiger partial charge in [0.25, 0.3) is 0 Å². The average Bonchev–Trinajstić information content (AvgIpc) is 3.09. The molecule has 17 heavy (non-hydrogen) atoms. The Morgan fingerprint density at radius 1 is 1.41 bits per heavy atom. The van der Waals surface area contributed by atoms with E-state index >= 15 is 0 Å². The Morgan fingerprint density at radius 2 is 1.94 bits per heavy atom. The van der Waals surface area contributed by atoms with Gasteiger partial charge < -0.3 is 16.2 Å². The summed E-state index contributed by atoms with van der Waals surface area (Å²) in [7, 11) is 0. The monoisotopic (exact) mass is 242 g/mol. The number of amides is 1. The fourth-order valence-electron chi connectivity index (χ4n) is 1.93. The van der Waals surface area contributed by atoms with Gasteiger partial charge in [0.2, 0.25) is 5.91 Å². The Kier molecular flexibility index (Phi) is 4.51. The van der Waals surface area contributed by atoms with E-state index in [0.717, 1.165) is 12.8 Å². The van der Waals surface area contributed by atoms with Crippen molar-refractivity contribution in [3.8, 4) is 0 Å². The molecule has 1 rings (SSSR count). The smallest absolute Gasteiger partial charge is 0.329 e. The van der Waals surface area contributed by atoms with Crippen LogP contribution in [0.5, 0.6) is 0 Å². The van der Waals surface area contributed by atoms with Gasteiger partial charge in [0.1, 0.15) is 5.54 Å². The molecule has 5 nitrogen and oxygen atoms in total. The van der Waals surface area contributed by atoms with Gasteiger partial charge in [-0.3, -0.25) is 4.79 Å². The maximum absolute atomic E-state index is 11.8. The van der Waals surface area contributed by atoms with Crippen molar-refractivity contribution in [3.63, 3.8) is 0 Å². The number of nitrogens with one attached hydrogen (secondary N) is 1. The molecule has 1 aliphatic rings. The quantitative estimate of drug-likeness (QED) is 0.617. The van der Waals surface area contributed by atoms with E-state index < -0.39 is 17.6 Å². The van der Waals surface area contributed by atoms with Crippen molar-refractivity contribution in [1.82, 2.24) is 5.32 Å². The topological polar surface area (TPSA) is 92.4 Å². The lowest BCUT2D eigenvalue weighted by Crippen LogP contribution is -2.57. The van der Waals surface area contributed by atoms with Crippen LogP contribution < -0.4 is 11.1 Å².